The number of aryl methyl sites for hydroxylation is 1. The summed E-state index contributed by atoms with van der Waals surface area (Å²) in [7, 11) is 0. The van der Waals surface area contributed by atoms with E-state index in [2.05, 4.69) is 20.8 Å². The average Bonchev–Trinajstić information content (AvgIpc) is 3.02. The molecule has 3 aromatic rings. The van der Waals surface area contributed by atoms with Gasteiger partial charge in [-0.3, -0.25) is 19.3 Å². The normalized spacial score (nSPS) is 10.5. The van der Waals surface area contributed by atoms with Gasteiger partial charge in [0.1, 0.15) is 6.54 Å². The van der Waals surface area contributed by atoms with E-state index < -0.39 is 0 Å². The first-order chi connectivity index (χ1) is 13.5. The van der Waals surface area contributed by atoms with Gasteiger partial charge >= 0.3 is 0 Å². The Balaban J connectivity index is 1.76. The Morgan fingerprint density at radius 2 is 1.75 bits per heavy atom. The highest BCUT2D eigenvalue weighted by molar-refractivity contribution is 7.71. The molecule has 3 N–H and O–H groups in total. The van der Waals surface area contributed by atoms with Crippen molar-refractivity contribution in [3.63, 3.8) is 0 Å². The number of benzene rings is 2. The highest BCUT2D eigenvalue weighted by Gasteiger charge is 2.13. The van der Waals surface area contributed by atoms with Gasteiger partial charge < -0.3 is 10.6 Å². The molecule has 7 nitrogen and oxygen atoms in total. The fourth-order valence-electron chi connectivity index (χ4n) is 2.74. The molecule has 0 aliphatic carbocycles. The molecule has 0 aliphatic heterocycles. The number of hydrogen-bond acceptors (Lipinski definition) is 4. The summed E-state index contributed by atoms with van der Waals surface area (Å²) >= 11 is 5.29. The van der Waals surface area contributed by atoms with Crippen LogP contribution in [0.1, 0.15) is 18.9 Å². The van der Waals surface area contributed by atoms with E-state index >= 15 is 0 Å². The van der Waals surface area contributed by atoms with Crippen LogP contribution in [0.2, 0.25) is 0 Å². The molecule has 0 atom stereocenters. The van der Waals surface area contributed by atoms with Crippen molar-refractivity contribution in [3.05, 3.63) is 58.9 Å². The molecule has 0 aliphatic rings. The number of rotatable bonds is 6. The van der Waals surface area contributed by atoms with Gasteiger partial charge in [0.05, 0.1) is 0 Å². The molecule has 1 heterocycles. The Kier molecular flexibility index (Phi) is 6.00. The lowest BCUT2D eigenvalue weighted by Gasteiger charge is -2.10. The minimum atomic E-state index is -0.245. The first kappa shape index (κ1) is 19.5. The predicted octanol–water partition coefficient (Wildman–Crippen LogP) is 3.90. The molecule has 0 spiro atoms. The third kappa shape index (κ3) is 4.72. The largest absolute Gasteiger partial charge is 0.326 e. The number of carbonyl (C=O) groups is 2. The Bertz CT molecular complexity index is 1070. The van der Waals surface area contributed by atoms with E-state index in [1.165, 1.54) is 0 Å². The maximum absolute atomic E-state index is 12.6. The predicted molar refractivity (Wildman–Crippen MR) is 112 cm³/mol. The monoisotopic (exact) mass is 395 g/mol. The maximum atomic E-state index is 12.6. The van der Waals surface area contributed by atoms with Gasteiger partial charge in [0.25, 0.3) is 0 Å². The highest BCUT2D eigenvalue weighted by Crippen LogP contribution is 2.19. The van der Waals surface area contributed by atoms with Gasteiger partial charge in [0.2, 0.25) is 11.8 Å². The lowest BCUT2D eigenvalue weighted by molar-refractivity contribution is -0.117. The van der Waals surface area contributed by atoms with Crippen LogP contribution in [-0.4, -0.2) is 26.6 Å². The molecule has 2 aromatic carbocycles. The number of aromatic amines is 1. The van der Waals surface area contributed by atoms with Crippen molar-refractivity contribution in [2.75, 3.05) is 10.6 Å². The van der Waals surface area contributed by atoms with Crippen molar-refractivity contribution in [1.29, 1.82) is 0 Å². The first-order valence-corrected chi connectivity index (χ1v) is 9.29. The summed E-state index contributed by atoms with van der Waals surface area (Å²) in [6.45, 7) is 3.79. The number of nitrogens with one attached hydrogen (secondary N) is 3. The SMILES string of the molecule is CCC(=O)Nc1cccc(NC(=O)Cn2c(-c3cccc(C)c3)n[nH]c2=S)c1. The fourth-order valence-corrected chi connectivity index (χ4v) is 2.93. The van der Waals surface area contributed by atoms with Gasteiger partial charge in [0.15, 0.2) is 10.6 Å². The van der Waals surface area contributed by atoms with Gasteiger partial charge in [-0.2, -0.15) is 5.10 Å². The van der Waals surface area contributed by atoms with Crippen LogP contribution in [0, 0.1) is 11.7 Å². The van der Waals surface area contributed by atoms with Gasteiger partial charge in [0, 0.05) is 23.4 Å². The van der Waals surface area contributed by atoms with Crippen LogP contribution in [-0.2, 0) is 16.1 Å². The van der Waals surface area contributed by atoms with Crippen molar-refractivity contribution in [1.82, 2.24) is 14.8 Å². The van der Waals surface area contributed by atoms with Gasteiger partial charge in [-0.25, -0.2) is 0 Å². The van der Waals surface area contributed by atoms with Crippen molar-refractivity contribution in [2.45, 2.75) is 26.8 Å². The number of anilines is 2. The summed E-state index contributed by atoms with van der Waals surface area (Å²) < 4.78 is 2.03. The standard InChI is InChI=1S/C20H21N5O2S/c1-3-17(26)21-15-8-5-9-16(11-15)22-18(27)12-25-19(23-24-20(25)28)14-7-4-6-13(2)10-14/h4-11H,3,12H2,1-2H3,(H,21,26)(H,22,27)(H,24,28). The Labute approximate surface area is 167 Å². The average molecular weight is 395 g/mol. The van der Waals surface area contributed by atoms with Crippen LogP contribution in [0.15, 0.2) is 48.5 Å². The first-order valence-electron chi connectivity index (χ1n) is 8.88. The number of hydrogen-bond donors (Lipinski definition) is 3. The third-order valence-electron chi connectivity index (χ3n) is 4.09. The molecule has 0 unspecified atom stereocenters. The van der Waals surface area contributed by atoms with Crippen molar-refractivity contribution in [2.24, 2.45) is 0 Å². The summed E-state index contributed by atoms with van der Waals surface area (Å²) in [5, 5.41) is 12.6. The molecule has 0 saturated heterocycles. The molecular formula is C20H21N5O2S. The fraction of sp³-hybridized carbons (Fsp3) is 0.200. The molecule has 2 amide bonds. The molecule has 28 heavy (non-hydrogen) atoms. The Hall–Kier alpha value is -3.26. The minimum absolute atomic E-state index is 0.0180. The molecule has 144 valence electrons. The summed E-state index contributed by atoms with van der Waals surface area (Å²) in [4.78, 5) is 24.1. The molecular weight excluding hydrogens is 374 g/mol. The zero-order chi connectivity index (χ0) is 20.1. The van der Waals surface area contributed by atoms with Crippen LogP contribution in [0.3, 0.4) is 0 Å². The van der Waals surface area contributed by atoms with Crippen LogP contribution in [0.25, 0.3) is 11.4 Å². The molecule has 8 heteroatoms. The summed E-state index contributed by atoms with van der Waals surface area (Å²) in [6.07, 6.45) is 0.386. The van der Waals surface area contributed by atoms with Crippen LogP contribution in [0.4, 0.5) is 11.4 Å². The van der Waals surface area contributed by atoms with E-state index in [0.717, 1.165) is 11.1 Å². The summed E-state index contributed by atoms with van der Waals surface area (Å²) in [5.41, 5.74) is 3.19. The highest BCUT2D eigenvalue weighted by atomic mass is 32.1. The van der Waals surface area contributed by atoms with Crippen LogP contribution >= 0.6 is 12.2 Å². The number of carbonyl (C=O) groups excluding carboxylic acids is 2. The Morgan fingerprint density at radius 1 is 1.07 bits per heavy atom. The number of nitrogens with zero attached hydrogens (tertiary/aromatic N) is 2. The molecule has 3 rings (SSSR count). The molecule has 0 bridgehead atoms. The topological polar surface area (TPSA) is 91.8 Å². The smallest absolute Gasteiger partial charge is 0.244 e. The number of amides is 2. The summed E-state index contributed by atoms with van der Waals surface area (Å²) in [5.74, 6) is 0.272. The van der Waals surface area contributed by atoms with Crippen molar-refractivity contribution < 1.29 is 9.59 Å². The Morgan fingerprint density at radius 3 is 2.43 bits per heavy atom. The molecule has 0 fully saturated rings. The number of aromatic nitrogens is 3. The molecule has 0 radical (unpaired) electrons. The minimum Gasteiger partial charge on any atom is -0.326 e. The second-order valence-electron chi connectivity index (χ2n) is 6.34. The lowest BCUT2D eigenvalue weighted by Crippen LogP contribution is -2.19. The van der Waals surface area contributed by atoms with Crippen molar-refractivity contribution in [3.8, 4) is 11.4 Å². The van der Waals surface area contributed by atoms with E-state index in [1.54, 1.807) is 35.8 Å². The maximum Gasteiger partial charge on any atom is 0.244 e. The third-order valence-corrected chi connectivity index (χ3v) is 4.40. The van der Waals surface area contributed by atoms with Crippen LogP contribution in [0.5, 0.6) is 0 Å². The van der Waals surface area contributed by atoms with Gasteiger partial charge in [-0.1, -0.05) is 36.8 Å². The van der Waals surface area contributed by atoms with Gasteiger partial charge in [-0.05, 0) is 43.4 Å². The molecule has 0 saturated carbocycles. The van der Waals surface area contributed by atoms with E-state index in [9.17, 15) is 9.59 Å². The second kappa shape index (κ2) is 8.62. The zero-order valence-corrected chi connectivity index (χ0v) is 16.5. The van der Waals surface area contributed by atoms with Crippen molar-refractivity contribution >= 4 is 35.4 Å². The quantitative estimate of drug-likeness (QED) is 0.552. The van der Waals surface area contributed by atoms with E-state index in [1.807, 2.05) is 31.2 Å². The molecule has 1 aromatic heterocycles. The van der Waals surface area contributed by atoms with E-state index in [-0.39, 0.29) is 18.4 Å². The van der Waals surface area contributed by atoms with E-state index in [4.69, 9.17) is 12.2 Å². The van der Waals surface area contributed by atoms with Gasteiger partial charge in [-0.15, -0.1) is 0 Å². The lowest BCUT2D eigenvalue weighted by atomic mass is 10.1. The second-order valence-corrected chi connectivity index (χ2v) is 6.73. The summed E-state index contributed by atoms with van der Waals surface area (Å²) in [6, 6.07) is 14.8. The van der Waals surface area contributed by atoms with E-state index in [0.29, 0.717) is 28.4 Å². The zero-order valence-electron chi connectivity index (χ0n) is 15.7. The van der Waals surface area contributed by atoms with Crippen LogP contribution < -0.4 is 10.6 Å². The number of H-pyrrole nitrogens is 1.